The standard InChI is InChI=1S/C10H16N6S/c1-4-11-8(9-6-17-7(2)12-9)5-10-13-15-16(3)14-10/h6,8,11H,4-5H2,1-3H3. The molecule has 1 unspecified atom stereocenters. The molecule has 0 aromatic carbocycles. The van der Waals surface area contributed by atoms with Crippen molar-refractivity contribution in [2.45, 2.75) is 26.3 Å². The number of tetrazole rings is 1. The summed E-state index contributed by atoms with van der Waals surface area (Å²) >= 11 is 1.66. The molecule has 0 fully saturated rings. The largest absolute Gasteiger partial charge is 0.309 e. The first-order valence-corrected chi connectivity index (χ1v) is 6.45. The smallest absolute Gasteiger partial charge is 0.176 e. The molecule has 92 valence electrons. The summed E-state index contributed by atoms with van der Waals surface area (Å²) < 4.78 is 0. The van der Waals surface area contributed by atoms with Gasteiger partial charge in [0.2, 0.25) is 0 Å². The Morgan fingerprint density at radius 3 is 2.88 bits per heavy atom. The summed E-state index contributed by atoms with van der Waals surface area (Å²) in [5.74, 6) is 0.740. The van der Waals surface area contributed by atoms with Gasteiger partial charge in [0.1, 0.15) is 0 Å². The molecule has 17 heavy (non-hydrogen) atoms. The van der Waals surface area contributed by atoms with Crippen molar-refractivity contribution in [3.8, 4) is 0 Å². The van der Waals surface area contributed by atoms with Gasteiger partial charge in [-0.1, -0.05) is 6.92 Å². The van der Waals surface area contributed by atoms with Gasteiger partial charge in [0.05, 0.1) is 23.8 Å². The summed E-state index contributed by atoms with van der Waals surface area (Å²) in [6.07, 6.45) is 0.713. The van der Waals surface area contributed by atoms with Gasteiger partial charge in [0.25, 0.3) is 0 Å². The third kappa shape index (κ3) is 3.07. The second-order valence-corrected chi connectivity index (χ2v) is 4.86. The van der Waals surface area contributed by atoms with Crippen LogP contribution in [0.5, 0.6) is 0 Å². The quantitative estimate of drug-likeness (QED) is 0.855. The molecule has 1 N–H and O–H groups in total. The van der Waals surface area contributed by atoms with Gasteiger partial charge in [0, 0.05) is 11.8 Å². The first-order valence-electron chi connectivity index (χ1n) is 5.57. The molecule has 7 heteroatoms. The average Bonchev–Trinajstić information content (AvgIpc) is 2.87. The lowest BCUT2D eigenvalue weighted by Crippen LogP contribution is -2.23. The van der Waals surface area contributed by atoms with E-state index in [1.165, 1.54) is 4.80 Å². The zero-order valence-corrected chi connectivity index (χ0v) is 11.0. The number of aromatic nitrogens is 5. The molecule has 0 radical (unpaired) electrons. The fourth-order valence-corrected chi connectivity index (χ4v) is 2.32. The second-order valence-electron chi connectivity index (χ2n) is 3.80. The Morgan fingerprint density at radius 1 is 1.53 bits per heavy atom. The molecule has 0 bridgehead atoms. The van der Waals surface area contributed by atoms with Gasteiger partial charge in [-0.3, -0.25) is 0 Å². The van der Waals surface area contributed by atoms with E-state index in [4.69, 9.17) is 0 Å². The number of rotatable bonds is 5. The molecule has 2 heterocycles. The van der Waals surface area contributed by atoms with E-state index in [-0.39, 0.29) is 6.04 Å². The Bertz CT molecular complexity index is 477. The minimum atomic E-state index is 0.161. The molecule has 0 aliphatic heterocycles. The van der Waals surface area contributed by atoms with Gasteiger partial charge < -0.3 is 5.32 Å². The van der Waals surface area contributed by atoms with Crippen molar-refractivity contribution >= 4 is 11.3 Å². The molecule has 2 aromatic rings. The summed E-state index contributed by atoms with van der Waals surface area (Å²) in [5.41, 5.74) is 1.06. The fourth-order valence-electron chi connectivity index (χ4n) is 1.66. The number of likely N-dealkylation sites (N-methyl/N-ethyl adjacent to an activating group) is 1. The highest BCUT2D eigenvalue weighted by molar-refractivity contribution is 7.09. The first kappa shape index (κ1) is 12.1. The summed E-state index contributed by atoms with van der Waals surface area (Å²) in [7, 11) is 1.77. The van der Waals surface area contributed by atoms with E-state index in [1.54, 1.807) is 18.4 Å². The number of hydrogen-bond acceptors (Lipinski definition) is 6. The van der Waals surface area contributed by atoms with Gasteiger partial charge >= 0.3 is 0 Å². The number of nitrogens with one attached hydrogen (secondary N) is 1. The number of thiazole rings is 1. The lowest BCUT2D eigenvalue weighted by Gasteiger charge is -2.13. The van der Waals surface area contributed by atoms with Crippen LogP contribution in [0.2, 0.25) is 0 Å². The summed E-state index contributed by atoms with van der Waals surface area (Å²) in [6, 6.07) is 0.161. The second kappa shape index (κ2) is 5.33. The van der Waals surface area contributed by atoms with E-state index in [2.05, 4.69) is 38.0 Å². The first-order chi connectivity index (χ1) is 8.19. The van der Waals surface area contributed by atoms with Crippen molar-refractivity contribution in [3.63, 3.8) is 0 Å². The van der Waals surface area contributed by atoms with Gasteiger partial charge in [-0.05, 0) is 18.7 Å². The highest BCUT2D eigenvalue weighted by Gasteiger charge is 2.16. The topological polar surface area (TPSA) is 68.5 Å². The summed E-state index contributed by atoms with van der Waals surface area (Å²) in [5, 5.41) is 18.6. The normalized spacial score (nSPS) is 12.9. The minimum Gasteiger partial charge on any atom is -0.309 e. The molecule has 0 spiro atoms. The maximum Gasteiger partial charge on any atom is 0.176 e. The maximum absolute atomic E-state index is 4.51. The number of aryl methyl sites for hydroxylation is 2. The maximum atomic E-state index is 4.51. The molecule has 0 amide bonds. The van der Waals surface area contributed by atoms with Crippen LogP contribution in [-0.2, 0) is 13.5 Å². The summed E-state index contributed by atoms with van der Waals surface area (Å²) in [4.78, 5) is 5.98. The predicted octanol–water partition coefficient (Wildman–Crippen LogP) is 0.868. The van der Waals surface area contributed by atoms with Crippen LogP contribution in [0, 0.1) is 6.92 Å². The van der Waals surface area contributed by atoms with Crippen LogP contribution in [0.1, 0.15) is 29.5 Å². The van der Waals surface area contributed by atoms with E-state index in [9.17, 15) is 0 Å². The Hall–Kier alpha value is -1.34. The van der Waals surface area contributed by atoms with Crippen molar-refractivity contribution in [1.82, 2.24) is 30.5 Å². The van der Waals surface area contributed by atoms with Crippen molar-refractivity contribution in [3.05, 3.63) is 21.9 Å². The van der Waals surface area contributed by atoms with Crippen LogP contribution in [-0.4, -0.2) is 31.7 Å². The van der Waals surface area contributed by atoms with E-state index in [0.29, 0.717) is 6.42 Å². The van der Waals surface area contributed by atoms with E-state index >= 15 is 0 Å². The summed E-state index contributed by atoms with van der Waals surface area (Å²) in [6.45, 7) is 4.98. The van der Waals surface area contributed by atoms with Crippen molar-refractivity contribution in [1.29, 1.82) is 0 Å². The monoisotopic (exact) mass is 252 g/mol. The highest BCUT2D eigenvalue weighted by atomic mass is 32.1. The third-order valence-electron chi connectivity index (χ3n) is 2.38. The minimum absolute atomic E-state index is 0.161. The van der Waals surface area contributed by atoms with Crippen molar-refractivity contribution in [2.75, 3.05) is 6.54 Å². The average molecular weight is 252 g/mol. The molecule has 0 saturated carbocycles. The molecule has 6 nitrogen and oxygen atoms in total. The fraction of sp³-hybridized carbons (Fsp3) is 0.600. The molecular weight excluding hydrogens is 236 g/mol. The number of nitrogens with zero attached hydrogens (tertiary/aromatic N) is 5. The Morgan fingerprint density at radius 2 is 2.35 bits per heavy atom. The molecule has 1 atom stereocenters. The predicted molar refractivity (Wildman–Crippen MR) is 65.8 cm³/mol. The van der Waals surface area contributed by atoms with Gasteiger partial charge in [-0.15, -0.1) is 21.5 Å². The zero-order valence-electron chi connectivity index (χ0n) is 10.2. The van der Waals surface area contributed by atoms with Crippen LogP contribution in [0.4, 0.5) is 0 Å². The molecule has 2 rings (SSSR count). The molecule has 2 aromatic heterocycles. The van der Waals surface area contributed by atoms with E-state index in [1.807, 2.05) is 6.92 Å². The van der Waals surface area contributed by atoms with Crippen LogP contribution >= 0.6 is 11.3 Å². The Balaban J connectivity index is 2.12. The lowest BCUT2D eigenvalue weighted by molar-refractivity contribution is 0.524. The highest BCUT2D eigenvalue weighted by Crippen LogP contribution is 2.18. The zero-order chi connectivity index (χ0) is 12.3. The van der Waals surface area contributed by atoms with Crippen LogP contribution in [0.3, 0.4) is 0 Å². The van der Waals surface area contributed by atoms with E-state index in [0.717, 1.165) is 23.1 Å². The van der Waals surface area contributed by atoms with Crippen molar-refractivity contribution in [2.24, 2.45) is 7.05 Å². The number of hydrogen-bond donors (Lipinski definition) is 1. The Labute approximate surface area is 104 Å². The van der Waals surface area contributed by atoms with Gasteiger partial charge in [-0.25, -0.2) is 4.98 Å². The molecule has 0 aliphatic rings. The van der Waals surface area contributed by atoms with Crippen molar-refractivity contribution < 1.29 is 0 Å². The SMILES string of the molecule is CCNC(Cc1nnn(C)n1)c1csc(C)n1. The Kier molecular flexibility index (Phi) is 3.80. The van der Waals surface area contributed by atoms with Crippen LogP contribution < -0.4 is 5.32 Å². The van der Waals surface area contributed by atoms with E-state index < -0.39 is 0 Å². The van der Waals surface area contributed by atoms with Crippen LogP contribution in [0.15, 0.2) is 5.38 Å². The van der Waals surface area contributed by atoms with Gasteiger partial charge in [-0.2, -0.15) is 4.80 Å². The molecular formula is C10H16N6S. The van der Waals surface area contributed by atoms with Gasteiger partial charge in [0.15, 0.2) is 5.82 Å². The molecule has 0 aliphatic carbocycles. The third-order valence-corrected chi connectivity index (χ3v) is 3.17. The molecule has 0 saturated heterocycles. The lowest BCUT2D eigenvalue weighted by atomic mass is 10.1. The van der Waals surface area contributed by atoms with Crippen LogP contribution in [0.25, 0.3) is 0 Å².